The predicted molar refractivity (Wildman–Crippen MR) is 84.9 cm³/mol. The summed E-state index contributed by atoms with van der Waals surface area (Å²) in [5.74, 6) is -0.570. The number of anilines is 1. The first-order valence-electron chi connectivity index (χ1n) is 7.54. The molecule has 1 unspecified atom stereocenters. The molecule has 0 aliphatic carbocycles. The van der Waals surface area contributed by atoms with Crippen molar-refractivity contribution < 1.29 is 9.18 Å². The summed E-state index contributed by atoms with van der Waals surface area (Å²) in [7, 11) is 0. The van der Waals surface area contributed by atoms with E-state index in [1.807, 2.05) is 18.2 Å². The lowest BCUT2D eigenvalue weighted by Gasteiger charge is -2.16. The van der Waals surface area contributed by atoms with E-state index in [1.165, 1.54) is 11.6 Å². The summed E-state index contributed by atoms with van der Waals surface area (Å²) in [4.78, 5) is 14.5. The number of hydrogen-bond donors (Lipinski definition) is 1. The van der Waals surface area contributed by atoms with E-state index >= 15 is 0 Å². The van der Waals surface area contributed by atoms with E-state index in [4.69, 9.17) is 0 Å². The molecule has 114 valence electrons. The Hall–Kier alpha value is -2.20. The van der Waals surface area contributed by atoms with Crippen LogP contribution in [0.2, 0.25) is 0 Å². The van der Waals surface area contributed by atoms with Crippen LogP contribution in [-0.4, -0.2) is 23.9 Å². The molecule has 0 aromatic heterocycles. The van der Waals surface area contributed by atoms with Gasteiger partial charge in [0.1, 0.15) is 5.82 Å². The third kappa shape index (κ3) is 3.52. The molecule has 1 N–H and O–H groups in total. The van der Waals surface area contributed by atoms with Crippen molar-refractivity contribution in [2.75, 3.05) is 18.4 Å². The highest BCUT2D eigenvalue weighted by molar-refractivity contribution is 5.93. The highest BCUT2D eigenvalue weighted by Gasteiger charge is 2.28. The fraction of sp³-hybridized carbons (Fsp3) is 0.278. The van der Waals surface area contributed by atoms with E-state index in [1.54, 1.807) is 18.2 Å². The minimum Gasteiger partial charge on any atom is -0.323 e. The number of likely N-dealkylation sites (tertiary alicyclic amines) is 1. The van der Waals surface area contributed by atoms with Gasteiger partial charge in [0.05, 0.1) is 11.6 Å². The van der Waals surface area contributed by atoms with Crippen molar-refractivity contribution in [1.29, 1.82) is 0 Å². The van der Waals surface area contributed by atoms with Crippen LogP contribution in [0.5, 0.6) is 0 Å². The molecule has 1 atom stereocenters. The van der Waals surface area contributed by atoms with Gasteiger partial charge in [-0.15, -0.1) is 0 Å². The summed E-state index contributed by atoms with van der Waals surface area (Å²) in [6, 6.07) is 16.5. The van der Waals surface area contributed by atoms with Crippen LogP contribution in [-0.2, 0) is 11.3 Å². The Morgan fingerprint density at radius 1 is 1.14 bits per heavy atom. The third-order valence-electron chi connectivity index (χ3n) is 4.02. The zero-order chi connectivity index (χ0) is 15.4. The second-order valence-electron chi connectivity index (χ2n) is 5.68. The van der Waals surface area contributed by atoms with E-state index in [9.17, 15) is 9.18 Å². The number of hydrogen-bond acceptors (Lipinski definition) is 2. The van der Waals surface area contributed by atoms with E-state index in [-0.39, 0.29) is 17.5 Å². The average Bonchev–Trinajstić information content (AvgIpc) is 2.99. The van der Waals surface area contributed by atoms with E-state index in [0.717, 1.165) is 26.1 Å². The predicted octanol–water partition coefficient (Wildman–Crippen LogP) is 3.29. The number of carbonyl (C=O) groups is 1. The third-order valence-corrected chi connectivity index (χ3v) is 4.02. The second kappa shape index (κ2) is 6.71. The number of nitrogens with one attached hydrogen (secondary N) is 1. The first-order valence-corrected chi connectivity index (χ1v) is 7.54. The molecule has 1 saturated heterocycles. The second-order valence-corrected chi connectivity index (χ2v) is 5.68. The lowest BCUT2D eigenvalue weighted by atomic mass is 10.1. The molecule has 1 aliphatic heterocycles. The van der Waals surface area contributed by atoms with Gasteiger partial charge < -0.3 is 5.32 Å². The number of nitrogens with zero attached hydrogens (tertiary/aromatic N) is 1. The van der Waals surface area contributed by atoms with Gasteiger partial charge in [0, 0.05) is 13.1 Å². The van der Waals surface area contributed by atoms with Gasteiger partial charge in [-0.2, -0.15) is 0 Å². The summed E-state index contributed by atoms with van der Waals surface area (Å²) >= 11 is 0. The number of rotatable bonds is 4. The maximum absolute atomic E-state index is 13.6. The van der Waals surface area contributed by atoms with Crippen molar-refractivity contribution in [2.45, 2.75) is 13.0 Å². The highest BCUT2D eigenvalue weighted by Crippen LogP contribution is 2.21. The normalized spacial score (nSPS) is 18.3. The maximum atomic E-state index is 13.6. The quantitative estimate of drug-likeness (QED) is 0.939. The zero-order valence-corrected chi connectivity index (χ0v) is 12.3. The Morgan fingerprint density at radius 3 is 2.64 bits per heavy atom. The van der Waals surface area contributed by atoms with Crippen LogP contribution in [0.4, 0.5) is 10.1 Å². The molecule has 2 aromatic carbocycles. The molecule has 1 amide bonds. The first kappa shape index (κ1) is 14.7. The topological polar surface area (TPSA) is 32.3 Å². The monoisotopic (exact) mass is 298 g/mol. The van der Waals surface area contributed by atoms with Crippen molar-refractivity contribution in [3.05, 3.63) is 66.0 Å². The number of halogens is 1. The fourth-order valence-corrected chi connectivity index (χ4v) is 2.83. The number of para-hydroxylation sites is 1. The summed E-state index contributed by atoms with van der Waals surface area (Å²) in [5.41, 5.74) is 1.51. The average molecular weight is 298 g/mol. The SMILES string of the molecule is O=C(Nc1ccccc1F)C1CCN(Cc2ccccc2)C1. The molecule has 0 radical (unpaired) electrons. The number of amides is 1. The summed E-state index contributed by atoms with van der Waals surface area (Å²) < 4.78 is 13.6. The molecule has 3 rings (SSSR count). The largest absolute Gasteiger partial charge is 0.323 e. The van der Waals surface area contributed by atoms with Gasteiger partial charge in [-0.05, 0) is 30.7 Å². The van der Waals surface area contributed by atoms with Crippen LogP contribution in [0, 0.1) is 11.7 Å². The van der Waals surface area contributed by atoms with Crippen LogP contribution < -0.4 is 5.32 Å². The lowest BCUT2D eigenvalue weighted by molar-refractivity contribution is -0.119. The van der Waals surface area contributed by atoms with Crippen molar-refractivity contribution in [3.8, 4) is 0 Å². The van der Waals surface area contributed by atoms with Crippen molar-refractivity contribution >= 4 is 11.6 Å². The standard InChI is InChI=1S/C18H19FN2O/c19-16-8-4-5-9-17(16)20-18(22)15-10-11-21(13-15)12-14-6-2-1-3-7-14/h1-9,15H,10-13H2,(H,20,22). The molecule has 0 saturated carbocycles. The molecular weight excluding hydrogens is 279 g/mol. The Morgan fingerprint density at radius 2 is 1.86 bits per heavy atom. The Labute approximate surface area is 129 Å². The molecule has 2 aromatic rings. The van der Waals surface area contributed by atoms with Gasteiger partial charge in [0.2, 0.25) is 5.91 Å². The van der Waals surface area contributed by atoms with Crippen LogP contribution in [0.3, 0.4) is 0 Å². The minimum absolute atomic E-state index is 0.0803. The summed E-state index contributed by atoms with van der Waals surface area (Å²) in [6.07, 6.45) is 0.813. The van der Waals surface area contributed by atoms with Gasteiger partial charge in [0.25, 0.3) is 0 Å². The van der Waals surface area contributed by atoms with Crippen LogP contribution in [0.1, 0.15) is 12.0 Å². The molecule has 3 nitrogen and oxygen atoms in total. The van der Waals surface area contributed by atoms with E-state index < -0.39 is 5.82 Å². The smallest absolute Gasteiger partial charge is 0.228 e. The van der Waals surface area contributed by atoms with Crippen LogP contribution in [0.15, 0.2) is 54.6 Å². The molecule has 22 heavy (non-hydrogen) atoms. The first-order chi connectivity index (χ1) is 10.7. The van der Waals surface area contributed by atoms with E-state index in [0.29, 0.717) is 0 Å². The minimum atomic E-state index is -0.394. The zero-order valence-electron chi connectivity index (χ0n) is 12.3. The molecular formula is C18H19FN2O. The van der Waals surface area contributed by atoms with Gasteiger partial charge >= 0.3 is 0 Å². The Balaban J connectivity index is 1.56. The molecule has 0 spiro atoms. The van der Waals surface area contributed by atoms with Gasteiger partial charge in [0.15, 0.2) is 0 Å². The van der Waals surface area contributed by atoms with Crippen molar-refractivity contribution in [1.82, 2.24) is 4.90 Å². The van der Waals surface area contributed by atoms with Crippen molar-refractivity contribution in [3.63, 3.8) is 0 Å². The summed E-state index contributed by atoms with van der Waals surface area (Å²) in [5, 5.41) is 2.70. The van der Waals surface area contributed by atoms with Crippen LogP contribution >= 0.6 is 0 Å². The van der Waals surface area contributed by atoms with Crippen LogP contribution in [0.25, 0.3) is 0 Å². The van der Waals surface area contributed by atoms with Crippen molar-refractivity contribution in [2.24, 2.45) is 5.92 Å². The number of benzene rings is 2. The summed E-state index contributed by atoms with van der Waals surface area (Å²) in [6.45, 7) is 2.46. The highest BCUT2D eigenvalue weighted by atomic mass is 19.1. The molecule has 1 aliphatic rings. The number of carbonyl (C=O) groups excluding carboxylic acids is 1. The molecule has 0 bridgehead atoms. The van der Waals surface area contributed by atoms with Gasteiger partial charge in [-0.25, -0.2) is 4.39 Å². The fourth-order valence-electron chi connectivity index (χ4n) is 2.83. The lowest BCUT2D eigenvalue weighted by Crippen LogP contribution is -2.27. The molecule has 1 fully saturated rings. The van der Waals surface area contributed by atoms with E-state index in [2.05, 4.69) is 22.3 Å². The van der Waals surface area contributed by atoms with Gasteiger partial charge in [-0.3, -0.25) is 9.69 Å². The molecule has 1 heterocycles. The molecule has 4 heteroatoms. The Kier molecular flexibility index (Phi) is 4.49. The maximum Gasteiger partial charge on any atom is 0.228 e. The Bertz CT molecular complexity index is 645. The van der Waals surface area contributed by atoms with Gasteiger partial charge in [-0.1, -0.05) is 42.5 Å².